The third-order valence-electron chi connectivity index (χ3n) is 2.01. The lowest BCUT2D eigenvalue weighted by atomic mass is 9.83. The van der Waals surface area contributed by atoms with Crippen LogP contribution in [0.25, 0.3) is 0 Å². The van der Waals surface area contributed by atoms with E-state index in [0.717, 1.165) is 5.92 Å². The highest BCUT2D eigenvalue weighted by molar-refractivity contribution is 5.23. The van der Waals surface area contributed by atoms with Crippen molar-refractivity contribution in [3.8, 4) is 0 Å². The predicted octanol–water partition coefficient (Wildman–Crippen LogP) is 2.75. The van der Waals surface area contributed by atoms with Crippen molar-refractivity contribution in [2.75, 3.05) is 0 Å². The Labute approximate surface area is 51.6 Å². The summed E-state index contributed by atoms with van der Waals surface area (Å²) in [5.74, 6) is 0.809. The van der Waals surface area contributed by atoms with Gasteiger partial charge in [-0.25, -0.2) is 0 Å². The molecule has 8 heavy (non-hydrogen) atoms. The zero-order valence-corrected chi connectivity index (χ0v) is 5.99. The van der Waals surface area contributed by atoms with E-state index in [9.17, 15) is 0 Å². The average molecular weight is 110 g/mol. The Bertz CT molecular complexity index is 118. The molecule has 0 aromatic heterocycles. The summed E-state index contributed by atoms with van der Waals surface area (Å²) in [5.41, 5.74) is 3.34. The molecule has 0 aromatic carbocycles. The molecule has 0 heteroatoms. The van der Waals surface area contributed by atoms with Crippen LogP contribution in [0.3, 0.4) is 0 Å². The monoisotopic (exact) mass is 110 g/mol. The molecule has 1 aliphatic carbocycles. The van der Waals surface area contributed by atoms with E-state index in [1.165, 1.54) is 12.8 Å². The third kappa shape index (κ3) is 0.795. The fraction of sp³-hybridized carbons (Fsp3) is 0.750. The van der Waals surface area contributed by atoms with E-state index >= 15 is 0 Å². The van der Waals surface area contributed by atoms with Crippen molar-refractivity contribution >= 4 is 0 Å². The molecule has 0 nitrogen and oxygen atoms in total. The average Bonchev–Trinajstić information content (AvgIpc) is 1.61. The molecule has 0 fully saturated rings. The van der Waals surface area contributed by atoms with Crippen LogP contribution in [0.2, 0.25) is 0 Å². The largest absolute Gasteiger partial charge is 0.0735 e. The maximum atomic E-state index is 2.28. The molecular weight excluding hydrogens is 96.1 g/mol. The van der Waals surface area contributed by atoms with Crippen LogP contribution in [-0.4, -0.2) is 0 Å². The Kier molecular flexibility index (Phi) is 1.41. The first kappa shape index (κ1) is 5.87. The highest BCUT2D eigenvalue weighted by Gasteiger charge is 2.14. The first-order valence-corrected chi connectivity index (χ1v) is 3.40. The van der Waals surface area contributed by atoms with Crippen molar-refractivity contribution in [3.05, 3.63) is 11.1 Å². The van der Waals surface area contributed by atoms with E-state index in [2.05, 4.69) is 20.8 Å². The molecule has 0 spiro atoms. The number of allylic oxidation sites excluding steroid dienone is 2. The summed E-state index contributed by atoms with van der Waals surface area (Å²) >= 11 is 0. The number of hydrogen-bond acceptors (Lipinski definition) is 0. The quantitative estimate of drug-likeness (QED) is 0.455. The second kappa shape index (κ2) is 1.93. The Balaban J connectivity index is 2.59. The lowest BCUT2D eigenvalue weighted by Gasteiger charge is -2.23. The maximum absolute atomic E-state index is 2.28. The first-order valence-electron chi connectivity index (χ1n) is 3.40. The van der Waals surface area contributed by atoms with Crippen molar-refractivity contribution < 1.29 is 0 Å². The zero-order chi connectivity index (χ0) is 6.15. The van der Waals surface area contributed by atoms with Crippen LogP contribution in [0.1, 0.15) is 33.6 Å². The van der Waals surface area contributed by atoms with E-state index in [4.69, 9.17) is 0 Å². The van der Waals surface area contributed by atoms with Crippen molar-refractivity contribution in [2.24, 2.45) is 5.92 Å². The van der Waals surface area contributed by atoms with Crippen LogP contribution >= 0.6 is 0 Å². The predicted molar refractivity (Wildman–Crippen MR) is 36.8 cm³/mol. The summed E-state index contributed by atoms with van der Waals surface area (Å²) in [6, 6.07) is 0. The molecule has 1 aliphatic rings. The van der Waals surface area contributed by atoms with Gasteiger partial charge in [0.25, 0.3) is 0 Å². The van der Waals surface area contributed by atoms with Crippen LogP contribution < -0.4 is 0 Å². The summed E-state index contributed by atoms with van der Waals surface area (Å²) < 4.78 is 0. The van der Waals surface area contributed by atoms with Crippen molar-refractivity contribution in [1.29, 1.82) is 0 Å². The van der Waals surface area contributed by atoms with Crippen molar-refractivity contribution in [3.63, 3.8) is 0 Å². The molecule has 0 bridgehead atoms. The van der Waals surface area contributed by atoms with E-state index in [1.807, 2.05) is 0 Å². The van der Waals surface area contributed by atoms with Gasteiger partial charge in [-0.1, -0.05) is 25.0 Å². The van der Waals surface area contributed by atoms with E-state index in [-0.39, 0.29) is 0 Å². The van der Waals surface area contributed by atoms with Gasteiger partial charge in [-0.3, -0.25) is 0 Å². The molecule has 0 unspecified atom stereocenters. The molecule has 0 aromatic rings. The van der Waals surface area contributed by atoms with Crippen molar-refractivity contribution in [1.82, 2.24) is 0 Å². The molecule has 46 valence electrons. The molecule has 0 atom stereocenters. The lowest BCUT2D eigenvalue weighted by molar-refractivity contribution is 0.633. The summed E-state index contributed by atoms with van der Waals surface area (Å²) in [6.45, 7) is 6.80. The van der Waals surface area contributed by atoms with Crippen LogP contribution in [0.4, 0.5) is 0 Å². The maximum Gasteiger partial charge on any atom is -0.0257 e. The minimum Gasteiger partial charge on any atom is -0.0735 e. The minimum absolute atomic E-state index is 0.809. The van der Waals surface area contributed by atoms with Gasteiger partial charge in [0.2, 0.25) is 0 Å². The topological polar surface area (TPSA) is 0 Å². The fourth-order valence-corrected chi connectivity index (χ4v) is 1.30. The molecule has 0 saturated heterocycles. The van der Waals surface area contributed by atoms with Gasteiger partial charge in [0.15, 0.2) is 0 Å². The Morgan fingerprint density at radius 1 is 1.25 bits per heavy atom. The SMILES string of the molecule is CC1=C(C(C)C)CC1. The second-order valence-electron chi connectivity index (χ2n) is 2.96. The molecular formula is C8H14. The van der Waals surface area contributed by atoms with Crippen molar-refractivity contribution in [2.45, 2.75) is 33.6 Å². The van der Waals surface area contributed by atoms with Crippen LogP contribution in [0, 0.1) is 5.92 Å². The van der Waals surface area contributed by atoms with E-state index in [1.54, 1.807) is 11.1 Å². The Morgan fingerprint density at radius 3 is 1.88 bits per heavy atom. The van der Waals surface area contributed by atoms with Crippen LogP contribution in [0.15, 0.2) is 11.1 Å². The highest BCUT2D eigenvalue weighted by Crippen LogP contribution is 2.32. The van der Waals surface area contributed by atoms with Gasteiger partial charge in [0, 0.05) is 0 Å². The molecule has 0 aliphatic heterocycles. The van der Waals surface area contributed by atoms with Gasteiger partial charge < -0.3 is 0 Å². The first-order chi connectivity index (χ1) is 3.72. The normalized spacial score (nSPS) is 19.5. The van der Waals surface area contributed by atoms with Gasteiger partial charge >= 0.3 is 0 Å². The van der Waals surface area contributed by atoms with Gasteiger partial charge in [0.05, 0.1) is 0 Å². The molecule has 0 amide bonds. The summed E-state index contributed by atoms with van der Waals surface area (Å²) in [7, 11) is 0. The van der Waals surface area contributed by atoms with E-state index < -0.39 is 0 Å². The summed E-state index contributed by atoms with van der Waals surface area (Å²) in [5, 5.41) is 0. The fourth-order valence-electron chi connectivity index (χ4n) is 1.30. The third-order valence-corrected chi connectivity index (χ3v) is 2.01. The minimum atomic E-state index is 0.809. The summed E-state index contributed by atoms with van der Waals surface area (Å²) in [4.78, 5) is 0. The van der Waals surface area contributed by atoms with Crippen LogP contribution in [0.5, 0.6) is 0 Å². The van der Waals surface area contributed by atoms with Gasteiger partial charge in [0.1, 0.15) is 0 Å². The smallest absolute Gasteiger partial charge is 0.0257 e. The molecule has 0 N–H and O–H groups in total. The number of hydrogen-bond donors (Lipinski definition) is 0. The van der Waals surface area contributed by atoms with Gasteiger partial charge in [-0.2, -0.15) is 0 Å². The van der Waals surface area contributed by atoms with Crippen LogP contribution in [-0.2, 0) is 0 Å². The molecule has 1 rings (SSSR count). The standard InChI is InChI=1S/C8H14/c1-6(2)8-5-4-7(8)3/h6H,4-5H2,1-3H3. The highest BCUT2D eigenvalue weighted by atomic mass is 14.2. The molecule has 0 heterocycles. The molecule has 0 saturated carbocycles. The van der Waals surface area contributed by atoms with Gasteiger partial charge in [-0.05, 0) is 25.7 Å². The Hall–Kier alpha value is -0.260. The van der Waals surface area contributed by atoms with E-state index in [0.29, 0.717) is 0 Å². The summed E-state index contributed by atoms with van der Waals surface area (Å²) in [6.07, 6.45) is 2.72. The number of rotatable bonds is 1. The molecule has 0 radical (unpaired) electrons. The second-order valence-corrected chi connectivity index (χ2v) is 2.96. The lowest BCUT2D eigenvalue weighted by Crippen LogP contribution is -2.06. The zero-order valence-electron chi connectivity index (χ0n) is 5.99. The Morgan fingerprint density at radius 2 is 1.88 bits per heavy atom. The van der Waals surface area contributed by atoms with Gasteiger partial charge in [-0.15, -0.1) is 0 Å².